The minimum atomic E-state index is -3.19. The number of sulfone groups is 1. The van der Waals surface area contributed by atoms with Crippen molar-refractivity contribution >= 4 is 9.84 Å². The lowest BCUT2D eigenvalue weighted by molar-refractivity contribution is 0.408. The van der Waals surface area contributed by atoms with Crippen LogP contribution in [-0.4, -0.2) is 33.1 Å². The van der Waals surface area contributed by atoms with E-state index >= 15 is 0 Å². The summed E-state index contributed by atoms with van der Waals surface area (Å²) < 4.78 is 28.5. The van der Waals surface area contributed by atoms with Gasteiger partial charge in [0.05, 0.1) is 17.9 Å². The van der Waals surface area contributed by atoms with E-state index in [-0.39, 0.29) is 6.04 Å². The van der Waals surface area contributed by atoms with Crippen LogP contribution in [0.2, 0.25) is 0 Å². The van der Waals surface area contributed by atoms with E-state index in [1.165, 1.54) is 6.26 Å². The third-order valence-electron chi connectivity index (χ3n) is 3.81. The summed E-state index contributed by atoms with van der Waals surface area (Å²) in [4.78, 5) is 0. The van der Waals surface area contributed by atoms with Gasteiger partial charge in [-0.2, -0.15) is 0 Å². The lowest BCUT2D eigenvalue weighted by atomic mass is 9.93. The monoisotopic (exact) mass is 299 g/mol. The van der Waals surface area contributed by atoms with Crippen LogP contribution in [0.15, 0.2) is 18.2 Å². The molecule has 1 atom stereocenters. The molecule has 5 heteroatoms. The molecule has 1 rings (SSSR count). The largest absolute Gasteiger partial charge is 0.496 e. The van der Waals surface area contributed by atoms with Crippen molar-refractivity contribution in [3.8, 4) is 5.75 Å². The highest BCUT2D eigenvalue weighted by Crippen LogP contribution is 2.34. The van der Waals surface area contributed by atoms with Crippen molar-refractivity contribution in [1.29, 1.82) is 0 Å². The summed E-state index contributed by atoms with van der Waals surface area (Å²) in [5.41, 5.74) is 1.96. The van der Waals surface area contributed by atoms with E-state index < -0.39 is 14.6 Å². The first-order chi connectivity index (χ1) is 9.15. The molecule has 114 valence electrons. The maximum absolute atomic E-state index is 12.1. The van der Waals surface area contributed by atoms with E-state index in [1.807, 2.05) is 32.0 Å². The molecule has 0 aliphatic heterocycles. The van der Waals surface area contributed by atoms with E-state index in [9.17, 15) is 8.42 Å². The summed E-state index contributed by atoms with van der Waals surface area (Å²) in [6.45, 7) is 8.15. The summed E-state index contributed by atoms with van der Waals surface area (Å²) in [6, 6.07) is 5.53. The first-order valence-electron chi connectivity index (χ1n) is 6.72. The molecular formula is C15H25NO3S. The van der Waals surface area contributed by atoms with Crippen molar-refractivity contribution < 1.29 is 13.2 Å². The number of hydrogen-bond donors (Lipinski definition) is 1. The topological polar surface area (TPSA) is 55.4 Å². The van der Waals surface area contributed by atoms with Crippen molar-refractivity contribution in [2.45, 2.75) is 38.5 Å². The second kappa shape index (κ2) is 6.14. The number of rotatable bonds is 6. The highest BCUT2D eigenvalue weighted by molar-refractivity contribution is 7.92. The van der Waals surface area contributed by atoms with Crippen LogP contribution in [0.5, 0.6) is 5.75 Å². The molecule has 1 unspecified atom stereocenters. The van der Waals surface area contributed by atoms with Crippen LogP contribution in [0.3, 0.4) is 0 Å². The second-order valence-electron chi connectivity index (χ2n) is 5.60. The van der Waals surface area contributed by atoms with Gasteiger partial charge in [0.2, 0.25) is 0 Å². The van der Waals surface area contributed by atoms with Gasteiger partial charge in [0.25, 0.3) is 0 Å². The van der Waals surface area contributed by atoms with Crippen molar-refractivity contribution in [3.05, 3.63) is 29.3 Å². The molecule has 1 N–H and O–H groups in total. The van der Waals surface area contributed by atoms with Gasteiger partial charge in [-0.25, -0.2) is 8.42 Å². The Labute approximate surface area is 122 Å². The Morgan fingerprint density at radius 3 is 2.35 bits per heavy atom. The molecule has 0 saturated heterocycles. The SMILES string of the molecule is CCNC(c1ccc(OC)c(C)c1)C(C)(C)S(C)(=O)=O. The fourth-order valence-electron chi connectivity index (χ4n) is 2.26. The van der Waals surface area contributed by atoms with Crippen LogP contribution in [0.4, 0.5) is 0 Å². The molecule has 0 heterocycles. The first kappa shape index (κ1) is 17.0. The number of nitrogens with one attached hydrogen (secondary N) is 1. The molecule has 0 spiro atoms. The molecule has 1 aromatic carbocycles. The van der Waals surface area contributed by atoms with Crippen LogP contribution in [0, 0.1) is 6.92 Å². The number of aryl methyl sites for hydroxylation is 1. The zero-order valence-electron chi connectivity index (χ0n) is 13.1. The van der Waals surface area contributed by atoms with Gasteiger partial charge in [0.15, 0.2) is 9.84 Å². The van der Waals surface area contributed by atoms with Gasteiger partial charge in [-0.15, -0.1) is 0 Å². The number of hydrogen-bond acceptors (Lipinski definition) is 4. The Bertz CT molecular complexity index is 564. The average Bonchev–Trinajstić information content (AvgIpc) is 2.34. The van der Waals surface area contributed by atoms with Gasteiger partial charge in [0, 0.05) is 6.26 Å². The standard InChI is InChI=1S/C15H25NO3S/c1-7-16-14(15(3,4)20(6,17)18)12-8-9-13(19-5)11(2)10-12/h8-10,14,16H,7H2,1-6H3. The molecule has 0 aliphatic carbocycles. The van der Waals surface area contributed by atoms with E-state index in [0.717, 1.165) is 16.9 Å². The van der Waals surface area contributed by atoms with Crippen LogP contribution in [0.1, 0.15) is 37.9 Å². The third kappa shape index (κ3) is 3.33. The van der Waals surface area contributed by atoms with Crippen molar-refractivity contribution in [3.63, 3.8) is 0 Å². The Morgan fingerprint density at radius 2 is 1.95 bits per heavy atom. The third-order valence-corrected chi connectivity index (χ3v) is 5.96. The van der Waals surface area contributed by atoms with Crippen molar-refractivity contribution in [1.82, 2.24) is 5.32 Å². The average molecular weight is 299 g/mol. The Hall–Kier alpha value is -1.07. The Morgan fingerprint density at radius 1 is 1.35 bits per heavy atom. The maximum Gasteiger partial charge on any atom is 0.154 e. The Kier molecular flexibility index (Phi) is 5.21. The summed E-state index contributed by atoms with van der Waals surface area (Å²) in [5, 5.41) is 3.29. The molecule has 0 bridgehead atoms. The van der Waals surface area contributed by atoms with E-state index in [4.69, 9.17) is 4.74 Å². The summed E-state index contributed by atoms with van der Waals surface area (Å²) >= 11 is 0. The normalized spacial score (nSPS) is 14.1. The fourth-order valence-corrected chi connectivity index (χ4v) is 2.91. The molecule has 20 heavy (non-hydrogen) atoms. The highest BCUT2D eigenvalue weighted by atomic mass is 32.2. The predicted molar refractivity (Wildman–Crippen MR) is 83.1 cm³/mol. The van der Waals surface area contributed by atoms with Crippen molar-refractivity contribution in [2.75, 3.05) is 19.9 Å². The Balaban J connectivity index is 3.31. The zero-order valence-corrected chi connectivity index (χ0v) is 14.0. The lowest BCUT2D eigenvalue weighted by Crippen LogP contribution is -2.45. The summed E-state index contributed by atoms with van der Waals surface area (Å²) in [6.07, 6.45) is 1.29. The molecule has 1 aromatic rings. The van der Waals surface area contributed by atoms with Crippen molar-refractivity contribution in [2.24, 2.45) is 0 Å². The molecule has 0 amide bonds. The van der Waals surface area contributed by atoms with E-state index in [0.29, 0.717) is 6.54 Å². The molecule has 0 saturated carbocycles. The van der Waals surface area contributed by atoms with Crippen LogP contribution < -0.4 is 10.1 Å². The van der Waals surface area contributed by atoms with Gasteiger partial charge in [-0.1, -0.05) is 19.1 Å². The number of methoxy groups -OCH3 is 1. The van der Waals surface area contributed by atoms with Gasteiger partial charge < -0.3 is 10.1 Å². The van der Waals surface area contributed by atoms with Gasteiger partial charge in [-0.3, -0.25) is 0 Å². The molecular weight excluding hydrogens is 274 g/mol. The molecule has 0 aromatic heterocycles. The molecule has 0 aliphatic rings. The molecule has 0 fully saturated rings. The fraction of sp³-hybridized carbons (Fsp3) is 0.600. The first-order valence-corrected chi connectivity index (χ1v) is 8.61. The summed E-state index contributed by atoms with van der Waals surface area (Å²) in [5.74, 6) is 0.807. The van der Waals surface area contributed by atoms with Gasteiger partial charge in [0.1, 0.15) is 5.75 Å². The number of ether oxygens (including phenoxy) is 1. The quantitative estimate of drug-likeness (QED) is 0.877. The molecule has 0 radical (unpaired) electrons. The number of benzene rings is 1. The van der Waals surface area contributed by atoms with Gasteiger partial charge >= 0.3 is 0 Å². The summed E-state index contributed by atoms with van der Waals surface area (Å²) in [7, 11) is -1.57. The maximum atomic E-state index is 12.1. The van der Waals surface area contributed by atoms with Crippen LogP contribution in [0.25, 0.3) is 0 Å². The van der Waals surface area contributed by atoms with E-state index in [1.54, 1.807) is 21.0 Å². The highest BCUT2D eigenvalue weighted by Gasteiger charge is 2.39. The zero-order chi connectivity index (χ0) is 15.6. The van der Waals surface area contributed by atoms with Crippen LogP contribution >= 0.6 is 0 Å². The van der Waals surface area contributed by atoms with Gasteiger partial charge in [-0.05, 0) is 44.5 Å². The second-order valence-corrected chi connectivity index (χ2v) is 8.19. The lowest BCUT2D eigenvalue weighted by Gasteiger charge is -2.34. The van der Waals surface area contributed by atoms with E-state index in [2.05, 4.69) is 5.32 Å². The predicted octanol–water partition coefficient (Wildman–Crippen LogP) is 2.48. The minimum absolute atomic E-state index is 0.257. The van der Waals surface area contributed by atoms with Crippen LogP contribution in [-0.2, 0) is 9.84 Å². The smallest absolute Gasteiger partial charge is 0.154 e. The minimum Gasteiger partial charge on any atom is -0.496 e. The molecule has 4 nitrogen and oxygen atoms in total.